The van der Waals surface area contributed by atoms with E-state index in [2.05, 4.69) is 20.6 Å². The number of fused-ring (bicyclic) bond motifs is 1. The second-order valence-corrected chi connectivity index (χ2v) is 7.00. The molecule has 146 valence electrons. The zero-order valence-electron chi connectivity index (χ0n) is 16.0. The zero-order valence-corrected chi connectivity index (χ0v) is 16.0. The smallest absolute Gasteiger partial charge is 0.233 e. The van der Waals surface area contributed by atoms with Crippen molar-refractivity contribution in [2.24, 2.45) is 0 Å². The van der Waals surface area contributed by atoms with E-state index in [9.17, 15) is 4.79 Å². The van der Waals surface area contributed by atoms with Gasteiger partial charge in [-0.3, -0.25) is 4.79 Å². The number of amides is 1. The second kappa shape index (κ2) is 7.79. The summed E-state index contributed by atoms with van der Waals surface area (Å²) in [5, 5.41) is 16.3. The summed E-state index contributed by atoms with van der Waals surface area (Å²) in [5.41, 5.74) is 1.86. The van der Waals surface area contributed by atoms with Gasteiger partial charge in [0.25, 0.3) is 0 Å². The van der Waals surface area contributed by atoms with Crippen LogP contribution in [0.15, 0.2) is 36.7 Å². The first kappa shape index (κ1) is 18.1. The Morgan fingerprint density at radius 1 is 1.36 bits per heavy atom. The summed E-state index contributed by atoms with van der Waals surface area (Å²) in [4.78, 5) is 14.8. The molecule has 0 N–H and O–H groups in total. The predicted molar refractivity (Wildman–Crippen MR) is 101 cm³/mol. The van der Waals surface area contributed by atoms with Crippen molar-refractivity contribution in [2.75, 3.05) is 14.2 Å². The molecule has 28 heavy (non-hydrogen) atoms. The van der Waals surface area contributed by atoms with Crippen LogP contribution in [-0.4, -0.2) is 55.0 Å². The van der Waals surface area contributed by atoms with Gasteiger partial charge in [0.1, 0.15) is 5.75 Å². The van der Waals surface area contributed by atoms with Crippen molar-refractivity contribution in [3.63, 3.8) is 0 Å². The average Bonchev–Trinajstić information content (AvgIpc) is 3.33. The first-order valence-corrected chi connectivity index (χ1v) is 9.34. The number of nitrogens with zero attached hydrogens (tertiary/aromatic N) is 7. The van der Waals surface area contributed by atoms with Crippen molar-refractivity contribution in [1.82, 2.24) is 34.9 Å². The molecule has 0 fully saturated rings. The van der Waals surface area contributed by atoms with Crippen molar-refractivity contribution in [1.29, 1.82) is 0 Å². The van der Waals surface area contributed by atoms with Crippen LogP contribution in [0.2, 0.25) is 0 Å². The van der Waals surface area contributed by atoms with E-state index in [0.29, 0.717) is 12.4 Å². The lowest BCUT2D eigenvalue weighted by Crippen LogP contribution is -2.32. The summed E-state index contributed by atoms with van der Waals surface area (Å²) in [6.07, 6.45) is 6.44. The van der Waals surface area contributed by atoms with Crippen molar-refractivity contribution >= 4 is 5.91 Å². The van der Waals surface area contributed by atoms with E-state index >= 15 is 0 Å². The van der Waals surface area contributed by atoms with Crippen molar-refractivity contribution < 1.29 is 9.53 Å². The van der Waals surface area contributed by atoms with E-state index in [1.54, 1.807) is 27.6 Å². The van der Waals surface area contributed by atoms with E-state index in [0.717, 1.165) is 42.8 Å². The normalized spacial score (nSPS) is 16.3. The van der Waals surface area contributed by atoms with E-state index in [4.69, 9.17) is 4.74 Å². The first-order valence-electron chi connectivity index (χ1n) is 9.34. The third kappa shape index (κ3) is 3.60. The SMILES string of the molecule is COc1cccc(-n2cc(CN(C)C(=O)[C@H]3CCCCn4nnnc43)cn2)c1. The second-order valence-electron chi connectivity index (χ2n) is 7.00. The zero-order chi connectivity index (χ0) is 19.5. The predicted octanol–water partition coefficient (Wildman–Crippen LogP) is 1.79. The van der Waals surface area contributed by atoms with Gasteiger partial charge in [0.05, 0.1) is 24.9 Å². The number of methoxy groups -OCH3 is 1. The molecule has 9 heteroatoms. The molecule has 3 heterocycles. The molecule has 0 saturated heterocycles. The molecule has 0 saturated carbocycles. The highest BCUT2D eigenvalue weighted by Crippen LogP contribution is 2.26. The molecule has 1 aliphatic rings. The van der Waals surface area contributed by atoms with Crippen molar-refractivity contribution in [3.05, 3.63) is 48.0 Å². The number of carbonyl (C=O) groups is 1. The number of hydrogen-bond acceptors (Lipinski definition) is 6. The summed E-state index contributed by atoms with van der Waals surface area (Å²) in [7, 11) is 3.45. The van der Waals surface area contributed by atoms with Gasteiger partial charge < -0.3 is 9.64 Å². The molecule has 0 spiro atoms. The van der Waals surface area contributed by atoms with Crippen LogP contribution in [0, 0.1) is 0 Å². The largest absolute Gasteiger partial charge is 0.497 e. The first-order chi connectivity index (χ1) is 13.7. The van der Waals surface area contributed by atoms with Gasteiger partial charge in [-0.1, -0.05) is 12.5 Å². The maximum Gasteiger partial charge on any atom is 0.233 e. The molecule has 0 aliphatic carbocycles. The van der Waals surface area contributed by atoms with Crippen LogP contribution >= 0.6 is 0 Å². The number of likely N-dealkylation sites (N-methyl/N-ethyl adjacent to an activating group) is 1. The highest BCUT2D eigenvalue weighted by molar-refractivity contribution is 5.82. The molecule has 0 unspecified atom stereocenters. The van der Waals surface area contributed by atoms with Crippen LogP contribution < -0.4 is 4.74 Å². The van der Waals surface area contributed by atoms with E-state index in [1.165, 1.54) is 0 Å². The van der Waals surface area contributed by atoms with E-state index < -0.39 is 0 Å². The summed E-state index contributed by atoms with van der Waals surface area (Å²) >= 11 is 0. The maximum atomic E-state index is 13.0. The maximum absolute atomic E-state index is 13.0. The molecule has 0 bridgehead atoms. The fourth-order valence-electron chi connectivity index (χ4n) is 3.55. The number of benzene rings is 1. The lowest BCUT2D eigenvalue weighted by Gasteiger charge is -2.21. The van der Waals surface area contributed by atoms with Crippen molar-refractivity contribution in [3.8, 4) is 11.4 Å². The van der Waals surface area contributed by atoms with Gasteiger partial charge in [-0.2, -0.15) is 5.10 Å². The summed E-state index contributed by atoms with van der Waals surface area (Å²) in [5.74, 6) is 1.18. The Labute approximate surface area is 162 Å². The van der Waals surface area contributed by atoms with Crippen LogP contribution in [0.5, 0.6) is 5.75 Å². The molecule has 1 atom stereocenters. The van der Waals surface area contributed by atoms with Gasteiger partial charge in [0.15, 0.2) is 5.82 Å². The molecule has 4 rings (SSSR count). The average molecular weight is 381 g/mol. The molecular weight excluding hydrogens is 358 g/mol. The van der Waals surface area contributed by atoms with Crippen LogP contribution in [0.3, 0.4) is 0 Å². The van der Waals surface area contributed by atoms with Gasteiger partial charge >= 0.3 is 0 Å². The Kier molecular flexibility index (Phi) is 5.05. The van der Waals surface area contributed by atoms with Gasteiger partial charge in [-0.25, -0.2) is 9.36 Å². The van der Waals surface area contributed by atoms with Gasteiger partial charge in [-0.05, 0) is 35.4 Å². The number of rotatable bonds is 5. The van der Waals surface area contributed by atoms with Gasteiger partial charge in [0, 0.05) is 38.0 Å². The monoisotopic (exact) mass is 381 g/mol. The quantitative estimate of drug-likeness (QED) is 0.669. The minimum absolute atomic E-state index is 0.0343. The number of aromatic nitrogens is 6. The van der Waals surface area contributed by atoms with E-state index in [-0.39, 0.29) is 11.8 Å². The topological polar surface area (TPSA) is 91.0 Å². The molecule has 2 aromatic heterocycles. The Hall–Kier alpha value is -3.23. The molecular formula is C19H23N7O2. The summed E-state index contributed by atoms with van der Waals surface area (Å²) < 4.78 is 8.80. The molecule has 1 aliphatic heterocycles. The standard InChI is InChI=1S/C19H23N7O2/c1-24(19(27)17-8-3-4-9-25-18(17)21-22-23-25)12-14-11-20-26(13-14)15-6-5-7-16(10-15)28-2/h5-7,10-11,13,17H,3-4,8-9,12H2,1-2H3/t17-/m0/s1. The highest BCUT2D eigenvalue weighted by Gasteiger charge is 2.30. The van der Waals surface area contributed by atoms with Gasteiger partial charge in [-0.15, -0.1) is 5.10 Å². The number of hydrogen-bond donors (Lipinski definition) is 0. The number of carbonyl (C=O) groups excluding carboxylic acids is 1. The number of tetrazole rings is 1. The number of aryl methyl sites for hydroxylation is 1. The molecule has 9 nitrogen and oxygen atoms in total. The third-order valence-corrected chi connectivity index (χ3v) is 5.03. The summed E-state index contributed by atoms with van der Waals surface area (Å²) in [6.45, 7) is 1.24. The van der Waals surface area contributed by atoms with Crippen LogP contribution in [0.1, 0.15) is 36.6 Å². The molecule has 1 amide bonds. The summed E-state index contributed by atoms with van der Waals surface area (Å²) in [6, 6.07) is 7.68. The van der Waals surface area contributed by atoms with Crippen LogP contribution in [0.4, 0.5) is 0 Å². The van der Waals surface area contributed by atoms with Gasteiger partial charge in [0.2, 0.25) is 5.91 Å². The Morgan fingerprint density at radius 2 is 2.25 bits per heavy atom. The lowest BCUT2D eigenvalue weighted by molar-refractivity contribution is -0.132. The minimum atomic E-state index is -0.295. The Bertz CT molecular complexity index is 965. The fraction of sp³-hybridized carbons (Fsp3) is 0.421. The fourth-order valence-corrected chi connectivity index (χ4v) is 3.55. The van der Waals surface area contributed by atoms with E-state index in [1.807, 2.05) is 37.5 Å². The lowest BCUT2D eigenvalue weighted by atomic mass is 10.0. The Balaban J connectivity index is 1.48. The van der Waals surface area contributed by atoms with Crippen LogP contribution in [-0.2, 0) is 17.9 Å². The highest BCUT2D eigenvalue weighted by atomic mass is 16.5. The minimum Gasteiger partial charge on any atom is -0.497 e. The number of ether oxygens (including phenoxy) is 1. The molecule has 3 aromatic rings. The molecule has 0 radical (unpaired) electrons. The third-order valence-electron chi connectivity index (χ3n) is 5.03. The van der Waals surface area contributed by atoms with Crippen LogP contribution in [0.25, 0.3) is 5.69 Å². The molecule has 1 aromatic carbocycles. The Morgan fingerprint density at radius 3 is 3.11 bits per heavy atom. The van der Waals surface area contributed by atoms with Crippen molar-refractivity contribution in [2.45, 2.75) is 38.3 Å².